The molecule has 0 radical (unpaired) electrons. The number of hydrogen-bond donors (Lipinski definition) is 2. The predicted molar refractivity (Wildman–Crippen MR) is 125 cm³/mol. The summed E-state index contributed by atoms with van der Waals surface area (Å²) >= 11 is 2.78. The van der Waals surface area contributed by atoms with E-state index in [2.05, 4.69) is 17.2 Å². The van der Waals surface area contributed by atoms with Gasteiger partial charge in [0.1, 0.15) is 4.83 Å². The molecule has 2 aliphatic rings. The molecule has 7 nitrogen and oxygen atoms in total. The first-order chi connectivity index (χ1) is 15.1. The molecule has 0 bridgehead atoms. The van der Waals surface area contributed by atoms with Crippen molar-refractivity contribution in [1.82, 2.24) is 20.2 Å². The summed E-state index contributed by atoms with van der Waals surface area (Å²) in [5.74, 6) is -0.389. The third kappa shape index (κ3) is 5.03. The number of aryl methyl sites for hydroxylation is 2. The molecule has 2 aliphatic carbocycles. The SMILES string of the molecule is C=CCn1c(SCC(=O)NC(=O)NC2CCCC2)nc2sc3c(c2c1=O)CCCCC3. The molecule has 0 atom stereocenters. The molecular weight excluding hydrogens is 432 g/mol. The largest absolute Gasteiger partial charge is 0.335 e. The summed E-state index contributed by atoms with van der Waals surface area (Å²) in [6.45, 7) is 4.10. The van der Waals surface area contributed by atoms with Crippen LogP contribution in [-0.2, 0) is 24.2 Å². The number of thioether (sulfide) groups is 1. The van der Waals surface area contributed by atoms with Crippen molar-refractivity contribution in [2.75, 3.05) is 5.75 Å². The minimum atomic E-state index is -0.452. The van der Waals surface area contributed by atoms with E-state index in [1.807, 2.05) is 0 Å². The van der Waals surface area contributed by atoms with Crippen LogP contribution in [0.25, 0.3) is 10.2 Å². The van der Waals surface area contributed by atoms with Gasteiger partial charge in [-0.3, -0.25) is 19.5 Å². The third-order valence-corrected chi connectivity index (χ3v) is 8.04. The molecule has 31 heavy (non-hydrogen) atoms. The Morgan fingerprint density at radius 3 is 2.74 bits per heavy atom. The molecule has 2 N–H and O–H groups in total. The first-order valence-corrected chi connectivity index (χ1v) is 12.8. The number of nitrogens with one attached hydrogen (secondary N) is 2. The molecule has 166 valence electrons. The van der Waals surface area contributed by atoms with Crippen LogP contribution in [0.15, 0.2) is 22.6 Å². The molecule has 3 amide bonds. The van der Waals surface area contributed by atoms with Crippen LogP contribution in [0.2, 0.25) is 0 Å². The van der Waals surface area contributed by atoms with Gasteiger partial charge in [0, 0.05) is 17.5 Å². The van der Waals surface area contributed by atoms with E-state index >= 15 is 0 Å². The lowest BCUT2D eigenvalue weighted by Crippen LogP contribution is -2.44. The Hall–Kier alpha value is -2.13. The number of urea groups is 1. The smallest absolute Gasteiger partial charge is 0.321 e. The highest BCUT2D eigenvalue weighted by Gasteiger charge is 2.22. The molecule has 0 aromatic carbocycles. The zero-order valence-corrected chi connectivity index (χ0v) is 19.2. The average molecular weight is 461 g/mol. The molecule has 0 saturated heterocycles. The summed E-state index contributed by atoms with van der Waals surface area (Å²) in [5, 5.41) is 6.44. The van der Waals surface area contributed by atoms with Gasteiger partial charge >= 0.3 is 6.03 Å². The number of carbonyl (C=O) groups excluding carboxylic acids is 2. The zero-order valence-electron chi connectivity index (χ0n) is 17.6. The summed E-state index contributed by atoms with van der Waals surface area (Å²) in [4.78, 5) is 44.4. The Bertz CT molecular complexity index is 1050. The number of carbonyl (C=O) groups is 2. The lowest BCUT2D eigenvalue weighted by molar-refractivity contribution is -0.117. The number of thiophene rings is 1. The van der Waals surface area contributed by atoms with E-state index in [0.29, 0.717) is 11.7 Å². The fourth-order valence-corrected chi connectivity index (χ4v) is 6.49. The number of hydrogen-bond acceptors (Lipinski definition) is 6. The van der Waals surface area contributed by atoms with Crippen molar-refractivity contribution in [2.24, 2.45) is 0 Å². The molecule has 2 aromatic rings. The van der Waals surface area contributed by atoms with Gasteiger partial charge in [-0.1, -0.05) is 37.1 Å². The minimum absolute atomic E-state index is 0.0122. The Morgan fingerprint density at radius 2 is 1.97 bits per heavy atom. The number of fused-ring (bicyclic) bond motifs is 3. The van der Waals surface area contributed by atoms with Gasteiger partial charge in [0.25, 0.3) is 5.56 Å². The first-order valence-electron chi connectivity index (χ1n) is 11.0. The molecule has 1 saturated carbocycles. The van der Waals surface area contributed by atoms with Crippen molar-refractivity contribution in [3.8, 4) is 0 Å². The Morgan fingerprint density at radius 1 is 1.19 bits per heavy atom. The van der Waals surface area contributed by atoms with Crippen LogP contribution in [-0.4, -0.2) is 33.3 Å². The summed E-state index contributed by atoms with van der Waals surface area (Å²) in [6.07, 6.45) is 11.1. The molecule has 0 aliphatic heterocycles. The molecule has 0 spiro atoms. The molecule has 2 aromatic heterocycles. The predicted octanol–water partition coefficient (Wildman–Crippen LogP) is 3.77. The van der Waals surface area contributed by atoms with Crippen LogP contribution in [0.5, 0.6) is 0 Å². The van der Waals surface area contributed by atoms with Gasteiger partial charge in [0.15, 0.2) is 5.16 Å². The topological polar surface area (TPSA) is 93.1 Å². The molecule has 9 heteroatoms. The summed E-state index contributed by atoms with van der Waals surface area (Å²) in [5.41, 5.74) is 1.09. The van der Waals surface area contributed by atoms with E-state index in [1.54, 1.807) is 22.0 Å². The van der Waals surface area contributed by atoms with Gasteiger partial charge in [-0.2, -0.15) is 0 Å². The van der Waals surface area contributed by atoms with E-state index in [1.165, 1.54) is 23.1 Å². The van der Waals surface area contributed by atoms with Crippen LogP contribution in [0, 0.1) is 0 Å². The number of allylic oxidation sites excluding steroid dienone is 1. The number of amides is 3. The second kappa shape index (κ2) is 9.99. The quantitative estimate of drug-likeness (QED) is 0.296. The maximum absolute atomic E-state index is 13.3. The van der Waals surface area contributed by atoms with Gasteiger partial charge in [0.05, 0.1) is 11.1 Å². The van der Waals surface area contributed by atoms with E-state index in [4.69, 9.17) is 4.98 Å². The maximum Gasteiger partial charge on any atom is 0.321 e. The van der Waals surface area contributed by atoms with Crippen molar-refractivity contribution in [2.45, 2.75) is 75.5 Å². The molecule has 0 unspecified atom stereocenters. The first kappa shape index (κ1) is 22.1. The van der Waals surface area contributed by atoms with Gasteiger partial charge in [-0.15, -0.1) is 17.9 Å². The monoisotopic (exact) mass is 460 g/mol. The highest BCUT2D eigenvalue weighted by Crippen LogP contribution is 2.34. The molecule has 4 rings (SSSR count). The van der Waals surface area contributed by atoms with Crippen molar-refractivity contribution >= 4 is 45.3 Å². The van der Waals surface area contributed by atoms with Crippen LogP contribution >= 0.6 is 23.1 Å². The Balaban J connectivity index is 1.50. The van der Waals surface area contributed by atoms with Crippen molar-refractivity contribution in [3.05, 3.63) is 33.4 Å². The van der Waals surface area contributed by atoms with Crippen LogP contribution in [0.3, 0.4) is 0 Å². The summed E-state index contributed by atoms with van der Waals surface area (Å²) in [6, 6.07) is -0.303. The second-order valence-electron chi connectivity index (χ2n) is 8.14. The molecule has 2 heterocycles. The van der Waals surface area contributed by atoms with E-state index in [9.17, 15) is 14.4 Å². The van der Waals surface area contributed by atoms with Crippen molar-refractivity contribution in [1.29, 1.82) is 0 Å². The Labute approximate surface area is 189 Å². The van der Waals surface area contributed by atoms with Gasteiger partial charge in [0.2, 0.25) is 5.91 Å². The molecule has 1 fully saturated rings. The second-order valence-corrected chi connectivity index (χ2v) is 10.2. The summed E-state index contributed by atoms with van der Waals surface area (Å²) in [7, 11) is 0. The van der Waals surface area contributed by atoms with Gasteiger partial charge in [-0.05, 0) is 44.1 Å². The van der Waals surface area contributed by atoms with Crippen LogP contribution in [0.1, 0.15) is 55.4 Å². The lowest BCUT2D eigenvalue weighted by atomic mass is 10.1. The van der Waals surface area contributed by atoms with E-state index in [-0.39, 0.29) is 17.4 Å². The highest BCUT2D eigenvalue weighted by atomic mass is 32.2. The third-order valence-electron chi connectivity index (χ3n) is 5.88. The maximum atomic E-state index is 13.3. The lowest BCUT2D eigenvalue weighted by Gasteiger charge is -2.13. The normalized spacial score (nSPS) is 16.6. The number of nitrogens with zero attached hydrogens (tertiary/aromatic N) is 2. The van der Waals surface area contributed by atoms with Gasteiger partial charge in [-0.25, -0.2) is 9.78 Å². The standard InChI is InChI=1S/C22H28N4O3S2/c1-2-12-26-20(28)18-15-10-4-3-5-11-16(15)31-19(18)25-22(26)30-13-17(27)24-21(29)23-14-8-6-7-9-14/h2,14H,1,3-13H2,(H2,23,24,27,29). The van der Waals surface area contributed by atoms with E-state index in [0.717, 1.165) is 67.1 Å². The number of aromatic nitrogens is 2. The fraction of sp³-hybridized carbons (Fsp3) is 0.545. The zero-order chi connectivity index (χ0) is 21.8. The van der Waals surface area contributed by atoms with E-state index < -0.39 is 11.9 Å². The average Bonchev–Trinajstić information content (AvgIpc) is 3.30. The minimum Gasteiger partial charge on any atom is -0.335 e. The van der Waals surface area contributed by atoms with Crippen molar-refractivity contribution in [3.63, 3.8) is 0 Å². The number of imide groups is 1. The summed E-state index contributed by atoms with van der Waals surface area (Å²) < 4.78 is 1.59. The number of rotatable bonds is 6. The highest BCUT2D eigenvalue weighted by molar-refractivity contribution is 7.99. The van der Waals surface area contributed by atoms with Crippen molar-refractivity contribution < 1.29 is 9.59 Å². The van der Waals surface area contributed by atoms with Crippen LogP contribution in [0.4, 0.5) is 4.79 Å². The molecular formula is C22H28N4O3S2. The fourth-order valence-electron chi connectivity index (χ4n) is 4.38. The van der Waals surface area contributed by atoms with Crippen LogP contribution < -0.4 is 16.2 Å². The van der Waals surface area contributed by atoms with Gasteiger partial charge < -0.3 is 5.32 Å². The Kier molecular flexibility index (Phi) is 7.12.